The van der Waals surface area contributed by atoms with Crippen molar-refractivity contribution in [3.05, 3.63) is 49.6 Å². The van der Waals surface area contributed by atoms with Gasteiger partial charge >= 0.3 is 0 Å². The first kappa shape index (κ1) is 18.8. The molecule has 1 N–H and O–H groups in total. The fraction of sp³-hybridized carbons (Fsp3) is 0.312. The van der Waals surface area contributed by atoms with Gasteiger partial charge in [0.1, 0.15) is 0 Å². The second-order valence-electron chi connectivity index (χ2n) is 5.90. The van der Waals surface area contributed by atoms with Gasteiger partial charge in [-0.3, -0.25) is 4.79 Å². The summed E-state index contributed by atoms with van der Waals surface area (Å²) in [6.45, 7) is 0.403. The molecule has 3 rings (SSSR count). The van der Waals surface area contributed by atoms with Gasteiger partial charge in [0, 0.05) is 22.4 Å². The van der Waals surface area contributed by atoms with Gasteiger partial charge in [0.25, 0.3) is 5.91 Å². The van der Waals surface area contributed by atoms with Crippen LogP contribution in [0.2, 0.25) is 4.34 Å². The van der Waals surface area contributed by atoms with Crippen molar-refractivity contribution in [2.45, 2.75) is 30.3 Å². The molecule has 1 aromatic heterocycles. The van der Waals surface area contributed by atoms with E-state index in [1.807, 2.05) is 6.07 Å². The zero-order valence-corrected chi connectivity index (χ0v) is 17.3. The molecular weight excluding hydrogens is 448 g/mol. The van der Waals surface area contributed by atoms with Crippen LogP contribution in [0.3, 0.4) is 0 Å². The normalized spacial score (nSPS) is 14.5. The minimum absolute atomic E-state index is 0.0130. The number of carbonyl (C=O) groups is 1. The van der Waals surface area contributed by atoms with Crippen LogP contribution in [0.25, 0.3) is 0 Å². The highest BCUT2D eigenvalue weighted by atomic mass is 79.9. The SMILES string of the molecule is CN(Cc1ccc(Cl)s1)C(=O)c1cc(S(=O)(=O)NC2CC2)ccc1Br. The average Bonchev–Trinajstić information content (AvgIpc) is 3.26. The van der Waals surface area contributed by atoms with Crippen LogP contribution in [0.15, 0.2) is 39.7 Å². The molecule has 0 bridgehead atoms. The second-order valence-corrected chi connectivity index (χ2v) is 10.3. The standard InChI is InChI=1S/C16H16BrClN2O3S2/c1-20(9-11-4-7-15(18)24-11)16(21)13-8-12(5-6-14(13)17)25(22,23)19-10-2-3-10/h4-8,10,19H,2-3,9H2,1H3. The maximum Gasteiger partial charge on any atom is 0.255 e. The van der Waals surface area contributed by atoms with Gasteiger partial charge in [-0.1, -0.05) is 11.6 Å². The molecule has 0 saturated heterocycles. The van der Waals surface area contributed by atoms with E-state index < -0.39 is 10.0 Å². The van der Waals surface area contributed by atoms with Crippen molar-refractivity contribution in [2.24, 2.45) is 0 Å². The number of halogens is 2. The van der Waals surface area contributed by atoms with Crippen molar-refractivity contribution < 1.29 is 13.2 Å². The van der Waals surface area contributed by atoms with Crippen LogP contribution in [-0.4, -0.2) is 32.3 Å². The Kier molecular flexibility index (Phi) is 5.55. The average molecular weight is 464 g/mol. The Balaban J connectivity index is 1.82. The van der Waals surface area contributed by atoms with Crippen LogP contribution in [0.1, 0.15) is 28.1 Å². The van der Waals surface area contributed by atoms with Gasteiger partial charge in [0.2, 0.25) is 10.0 Å². The quantitative estimate of drug-likeness (QED) is 0.707. The lowest BCUT2D eigenvalue weighted by Gasteiger charge is -2.18. The lowest BCUT2D eigenvalue weighted by Crippen LogP contribution is -2.28. The Morgan fingerprint density at radius 1 is 1.36 bits per heavy atom. The molecule has 0 aliphatic heterocycles. The Morgan fingerprint density at radius 2 is 2.08 bits per heavy atom. The molecule has 0 atom stereocenters. The zero-order valence-electron chi connectivity index (χ0n) is 13.3. The van der Waals surface area contributed by atoms with E-state index in [-0.39, 0.29) is 16.8 Å². The Labute approximate surface area is 164 Å². The number of sulfonamides is 1. The number of nitrogens with one attached hydrogen (secondary N) is 1. The van der Waals surface area contributed by atoms with Crippen molar-refractivity contribution in [1.29, 1.82) is 0 Å². The van der Waals surface area contributed by atoms with Crippen LogP contribution in [0, 0.1) is 0 Å². The summed E-state index contributed by atoms with van der Waals surface area (Å²) in [5.74, 6) is -0.264. The summed E-state index contributed by atoms with van der Waals surface area (Å²) in [7, 11) is -1.94. The molecule has 1 aliphatic rings. The third kappa shape index (κ3) is 4.62. The molecule has 0 radical (unpaired) electrons. The Morgan fingerprint density at radius 3 is 2.68 bits per heavy atom. The van der Waals surface area contributed by atoms with Crippen molar-refractivity contribution in [2.75, 3.05) is 7.05 Å². The highest BCUT2D eigenvalue weighted by Gasteiger charge is 2.29. The fourth-order valence-corrected chi connectivity index (χ4v) is 5.16. The van der Waals surface area contributed by atoms with E-state index in [0.29, 0.717) is 20.9 Å². The van der Waals surface area contributed by atoms with E-state index in [4.69, 9.17) is 11.6 Å². The molecule has 134 valence electrons. The third-order valence-electron chi connectivity index (χ3n) is 3.75. The minimum atomic E-state index is -3.61. The molecule has 5 nitrogen and oxygen atoms in total. The van der Waals surface area contributed by atoms with E-state index in [0.717, 1.165) is 17.7 Å². The van der Waals surface area contributed by atoms with Crippen LogP contribution in [0.5, 0.6) is 0 Å². The second kappa shape index (κ2) is 7.36. The molecule has 0 spiro atoms. The molecule has 1 aliphatic carbocycles. The molecule has 1 aromatic carbocycles. The van der Waals surface area contributed by atoms with Gasteiger partial charge in [-0.15, -0.1) is 11.3 Å². The number of hydrogen-bond acceptors (Lipinski definition) is 4. The number of nitrogens with zero attached hydrogens (tertiary/aromatic N) is 1. The molecular formula is C16H16BrClN2O3S2. The van der Waals surface area contributed by atoms with Crippen molar-refractivity contribution in [1.82, 2.24) is 9.62 Å². The van der Waals surface area contributed by atoms with Gasteiger partial charge in [-0.05, 0) is 59.1 Å². The minimum Gasteiger partial charge on any atom is -0.337 e. The molecule has 1 heterocycles. The number of hydrogen-bond donors (Lipinski definition) is 1. The fourth-order valence-electron chi connectivity index (χ4n) is 2.27. The van der Waals surface area contributed by atoms with Crippen LogP contribution < -0.4 is 4.72 Å². The summed E-state index contributed by atoms with van der Waals surface area (Å²) in [5.41, 5.74) is 0.309. The number of amides is 1. The predicted octanol–water partition coefficient (Wildman–Crippen LogP) is 3.88. The maximum atomic E-state index is 12.7. The number of thiophene rings is 1. The van der Waals surface area contributed by atoms with E-state index in [2.05, 4.69) is 20.7 Å². The molecule has 2 aromatic rings. The van der Waals surface area contributed by atoms with Gasteiger partial charge in [-0.2, -0.15) is 0 Å². The summed E-state index contributed by atoms with van der Waals surface area (Å²) < 4.78 is 28.6. The Bertz CT molecular complexity index is 910. The summed E-state index contributed by atoms with van der Waals surface area (Å²) in [6, 6.07) is 8.15. The third-order valence-corrected chi connectivity index (χ3v) is 7.17. The maximum absolute atomic E-state index is 12.7. The largest absolute Gasteiger partial charge is 0.337 e. The molecule has 25 heavy (non-hydrogen) atoms. The topological polar surface area (TPSA) is 66.5 Å². The van der Waals surface area contributed by atoms with Gasteiger partial charge in [-0.25, -0.2) is 13.1 Å². The van der Waals surface area contributed by atoms with Crippen molar-refractivity contribution in [3.63, 3.8) is 0 Å². The smallest absolute Gasteiger partial charge is 0.255 e. The number of carbonyl (C=O) groups excluding carboxylic acids is 1. The van der Waals surface area contributed by atoms with Gasteiger partial charge < -0.3 is 4.90 Å². The van der Waals surface area contributed by atoms with E-state index in [1.165, 1.54) is 28.4 Å². The van der Waals surface area contributed by atoms with Gasteiger partial charge in [0.15, 0.2) is 0 Å². The highest BCUT2D eigenvalue weighted by molar-refractivity contribution is 9.10. The summed E-state index contributed by atoms with van der Waals surface area (Å²) in [4.78, 5) is 15.3. The molecule has 0 unspecified atom stereocenters. The lowest BCUT2D eigenvalue weighted by atomic mass is 10.2. The highest BCUT2D eigenvalue weighted by Crippen LogP contribution is 2.27. The van der Waals surface area contributed by atoms with E-state index in [9.17, 15) is 13.2 Å². The van der Waals surface area contributed by atoms with Crippen molar-refractivity contribution >= 4 is 54.8 Å². The number of rotatable bonds is 6. The predicted molar refractivity (Wildman–Crippen MR) is 103 cm³/mol. The monoisotopic (exact) mass is 462 g/mol. The molecule has 1 saturated carbocycles. The first-order valence-electron chi connectivity index (χ1n) is 7.58. The summed E-state index contributed by atoms with van der Waals surface area (Å²) in [5, 5.41) is 0. The Hall–Kier alpha value is -0.930. The molecule has 1 amide bonds. The van der Waals surface area contributed by atoms with Crippen molar-refractivity contribution in [3.8, 4) is 0 Å². The van der Waals surface area contributed by atoms with Crippen LogP contribution in [-0.2, 0) is 16.6 Å². The molecule has 9 heteroatoms. The van der Waals surface area contributed by atoms with Gasteiger partial charge in [0.05, 0.1) is 21.3 Å². The lowest BCUT2D eigenvalue weighted by molar-refractivity contribution is 0.0785. The summed E-state index contributed by atoms with van der Waals surface area (Å²) in [6.07, 6.45) is 1.71. The number of benzene rings is 1. The van der Waals surface area contributed by atoms with Crippen LogP contribution >= 0.6 is 38.9 Å². The summed E-state index contributed by atoms with van der Waals surface area (Å²) >= 11 is 10.7. The van der Waals surface area contributed by atoms with E-state index in [1.54, 1.807) is 19.2 Å². The van der Waals surface area contributed by atoms with Crippen LogP contribution in [0.4, 0.5) is 0 Å². The first-order chi connectivity index (χ1) is 11.8. The zero-order chi connectivity index (χ0) is 18.2. The molecule has 1 fully saturated rings. The van der Waals surface area contributed by atoms with E-state index >= 15 is 0 Å². The first-order valence-corrected chi connectivity index (χ1v) is 11.0.